The van der Waals surface area contributed by atoms with E-state index >= 15 is 0 Å². The van der Waals surface area contributed by atoms with Crippen molar-refractivity contribution in [2.45, 2.75) is 20.3 Å². The fourth-order valence-electron chi connectivity index (χ4n) is 2.50. The molecule has 102 valence electrons. The fourth-order valence-corrected chi connectivity index (χ4v) is 2.50. The summed E-state index contributed by atoms with van der Waals surface area (Å²) < 4.78 is 5.57. The lowest BCUT2D eigenvalue weighted by Crippen LogP contribution is -2.04. The van der Waals surface area contributed by atoms with Crippen LogP contribution in [0.25, 0.3) is 22.4 Å². The topological polar surface area (TPSA) is 51.0 Å². The van der Waals surface area contributed by atoms with Crippen LogP contribution in [-0.4, -0.2) is 17.0 Å². The number of nitrogens with zero attached hydrogens (tertiary/aromatic N) is 2. The third kappa shape index (κ3) is 1.93. The van der Waals surface area contributed by atoms with Crippen LogP contribution >= 0.6 is 0 Å². The highest BCUT2D eigenvalue weighted by Gasteiger charge is 2.14. The van der Waals surface area contributed by atoms with Gasteiger partial charge in [0.25, 0.3) is 0 Å². The molecule has 0 radical (unpaired) electrons. The number of aryl methyl sites for hydroxylation is 1. The molecule has 3 aromatic rings. The monoisotopic (exact) mass is 267 g/mol. The molecule has 0 unspecified atom stereocenters. The van der Waals surface area contributed by atoms with E-state index in [4.69, 9.17) is 4.42 Å². The predicted octanol–water partition coefficient (Wildman–Crippen LogP) is 3.80. The van der Waals surface area contributed by atoms with Crippen LogP contribution in [0, 0.1) is 6.92 Å². The molecule has 2 aromatic heterocycles. The Kier molecular flexibility index (Phi) is 3.14. The first-order valence-corrected chi connectivity index (χ1v) is 6.76. The molecule has 0 aliphatic heterocycles. The lowest BCUT2D eigenvalue weighted by Gasteiger charge is -2.10. The number of benzene rings is 1. The van der Waals surface area contributed by atoms with Crippen LogP contribution in [0.5, 0.6) is 0 Å². The van der Waals surface area contributed by atoms with Gasteiger partial charge in [-0.05, 0) is 19.4 Å². The van der Waals surface area contributed by atoms with Crippen LogP contribution in [0.1, 0.15) is 18.2 Å². The Hall–Kier alpha value is -2.36. The van der Waals surface area contributed by atoms with Crippen molar-refractivity contribution >= 4 is 16.8 Å². The molecule has 0 aliphatic carbocycles. The zero-order valence-corrected chi connectivity index (χ0v) is 11.9. The second-order valence-corrected chi connectivity index (χ2v) is 4.71. The van der Waals surface area contributed by atoms with E-state index in [-0.39, 0.29) is 0 Å². The van der Waals surface area contributed by atoms with Gasteiger partial charge in [0.05, 0.1) is 5.56 Å². The second-order valence-electron chi connectivity index (χ2n) is 4.71. The first-order valence-electron chi connectivity index (χ1n) is 6.76. The molecule has 0 atom stereocenters. The zero-order valence-electron chi connectivity index (χ0n) is 11.9. The number of rotatable bonds is 3. The highest BCUT2D eigenvalue weighted by molar-refractivity contribution is 5.92. The van der Waals surface area contributed by atoms with Crippen LogP contribution in [0.2, 0.25) is 0 Å². The maximum atomic E-state index is 5.57. The van der Waals surface area contributed by atoms with Crippen molar-refractivity contribution < 1.29 is 4.42 Å². The Labute approximate surface area is 117 Å². The van der Waals surface area contributed by atoms with E-state index in [1.54, 1.807) is 6.26 Å². The summed E-state index contributed by atoms with van der Waals surface area (Å²) in [5.41, 5.74) is 3.95. The maximum Gasteiger partial charge on any atom is 0.165 e. The molecule has 1 aromatic carbocycles. The van der Waals surface area contributed by atoms with Crippen LogP contribution < -0.4 is 5.32 Å². The smallest absolute Gasteiger partial charge is 0.165 e. The number of para-hydroxylation sites is 1. The van der Waals surface area contributed by atoms with Crippen molar-refractivity contribution in [3.63, 3.8) is 0 Å². The van der Waals surface area contributed by atoms with Gasteiger partial charge in [0.1, 0.15) is 17.7 Å². The summed E-state index contributed by atoms with van der Waals surface area (Å²) in [6.45, 7) is 4.13. The molecule has 4 heteroatoms. The van der Waals surface area contributed by atoms with Crippen molar-refractivity contribution in [3.05, 3.63) is 41.8 Å². The number of anilines is 1. The Morgan fingerprint density at radius 3 is 2.75 bits per heavy atom. The lowest BCUT2D eigenvalue weighted by atomic mass is 10.1. The molecule has 0 saturated heterocycles. The average molecular weight is 267 g/mol. The Morgan fingerprint density at radius 2 is 2.00 bits per heavy atom. The van der Waals surface area contributed by atoms with Crippen molar-refractivity contribution in [3.8, 4) is 11.4 Å². The van der Waals surface area contributed by atoms with Crippen molar-refractivity contribution in [1.29, 1.82) is 0 Å². The molecular formula is C16H17N3O. The summed E-state index contributed by atoms with van der Waals surface area (Å²) in [7, 11) is 1.89. The van der Waals surface area contributed by atoms with E-state index in [0.717, 1.165) is 40.0 Å². The first-order chi connectivity index (χ1) is 9.74. The summed E-state index contributed by atoms with van der Waals surface area (Å²) in [6.07, 6.45) is 2.64. The number of aromatic nitrogens is 2. The van der Waals surface area contributed by atoms with Crippen LogP contribution in [0.4, 0.5) is 5.82 Å². The molecule has 3 rings (SSSR count). The Bertz CT molecular complexity index is 762. The third-order valence-electron chi connectivity index (χ3n) is 3.53. The van der Waals surface area contributed by atoms with Crippen LogP contribution in [-0.2, 0) is 6.42 Å². The van der Waals surface area contributed by atoms with Gasteiger partial charge in [-0.2, -0.15) is 0 Å². The molecule has 0 fully saturated rings. The van der Waals surface area contributed by atoms with Gasteiger partial charge in [0.2, 0.25) is 0 Å². The van der Waals surface area contributed by atoms with Crippen molar-refractivity contribution in [2.75, 3.05) is 12.4 Å². The summed E-state index contributed by atoms with van der Waals surface area (Å²) in [5, 5.41) is 4.20. The van der Waals surface area contributed by atoms with E-state index < -0.39 is 0 Å². The lowest BCUT2D eigenvalue weighted by molar-refractivity contribution is 0.616. The third-order valence-corrected chi connectivity index (χ3v) is 3.53. The minimum atomic E-state index is 0.703. The van der Waals surface area contributed by atoms with Crippen molar-refractivity contribution in [2.24, 2.45) is 0 Å². The highest BCUT2D eigenvalue weighted by atomic mass is 16.3. The molecule has 0 saturated carbocycles. The van der Waals surface area contributed by atoms with Gasteiger partial charge < -0.3 is 9.73 Å². The van der Waals surface area contributed by atoms with E-state index in [1.807, 2.05) is 38.2 Å². The molecule has 2 heterocycles. The molecule has 20 heavy (non-hydrogen) atoms. The largest absolute Gasteiger partial charge is 0.464 e. The predicted molar refractivity (Wildman–Crippen MR) is 80.9 cm³/mol. The number of hydrogen-bond acceptors (Lipinski definition) is 4. The molecule has 4 nitrogen and oxygen atoms in total. The van der Waals surface area contributed by atoms with Crippen molar-refractivity contribution in [1.82, 2.24) is 9.97 Å². The molecule has 0 aliphatic rings. The summed E-state index contributed by atoms with van der Waals surface area (Å²) in [4.78, 5) is 9.27. The maximum absolute atomic E-state index is 5.57. The van der Waals surface area contributed by atoms with Gasteiger partial charge in [-0.3, -0.25) is 0 Å². The molecule has 0 amide bonds. The number of nitrogens with one attached hydrogen (secondary N) is 1. The number of hydrogen-bond donors (Lipinski definition) is 1. The van der Waals surface area contributed by atoms with E-state index in [1.165, 1.54) is 0 Å². The first kappa shape index (κ1) is 12.7. The molecular weight excluding hydrogens is 250 g/mol. The minimum Gasteiger partial charge on any atom is -0.464 e. The van der Waals surface area contributed by atoms with Gasteiger partial charge in [-0.25, -0.2) is 9.97 Å². The van der Waals surface area contributed by atoms with Crippen LogP contribution in [0.3, 0.4) is 0 Å². The zero-order chi connectivity index (χ0) is 14.1. The molecule has 1 N–H and O–H groups in total. The van der Waals surface area contributed by atoms with E-state index in [2.05, 4.69) is 22.2 Å². The van der Waals surface area contributed by atoms with Gasteiger partial charge >= 0.3 is 0 Å². The van der Waals surface area contributed by atoms with Gasteiger partial charge in [0.15, 0.2) is 5.82 Å². The Balaban J connectivity index is 2.22. The van der Waals surface area contributed by atoms with Gasteiger partial charge in [-0.1, -0.05) is 25.1 Å². The van der Waals surface area contributed by atoms with Gasteiger partial charge in [0, 0.05) is 23.7 Å². The number of furan rings is 1. The average Bonchev–Trinajstić information content (AvgIpc) is 2.90. The molecule has 0 bridgehead atoms. The second kappa shape index (κ2) is 4.96. The normalized spacial score (nSPS) is 10.9. The SMILES string of the molecule is CCc1c(C)nc(-c2coc3ccccc23)nc1NC. The van der Waals surface area contributed by atoms with Crippen LogP contribution in [0.15, 0.2) is 34.9 Å². The number of fused-ring (bicyclic) bond motifs is 1. The Morgan fingerprint density at radius 1 is 1.20 bits per heavy atom. The summed E-state index contributed by atoms with van der Waals surface area (Å²) in [5.74, 6) is 1.59. The minimum absolute atomic E-state index is 0.703. The summed E-state index contributed by atoms with van der Waals surface area (Å²) in [6, 6.07) is 7.93. The quantitative estimate of drug-likeness (QED) is 0.784. The standard InChI is InChI=1S/C16H17N3O/c1-4-11-10(2)18-16(19-15(11)17-3)13-9-20-14-8-6-5-7-12(13)14/h5-9H,4H2,1-3H3,(H,17,18,19). The highest BCUT2D eigenvalue weighted by Crippen LogP contribution is 2.30. The molecule has 0 spiro atoms. The fraction of sp³-hybridized carbons (Fsp3) is 0.250. The summed E-state index contributed by atoms with van der Waals surface area (Å²) >= 11 is 0. The van der Waals surface area contributed by atoms with E-state index in [0.29, 0.717) is 5.82 Å². The van der Waals surface area contributed by atoms with Gasteiger partial charge in [-0.15, -0.1) is 0 Å². The van der Waals surface area contributed by atoms with E-state index in [9.17, 15) is 0 Å².